The average Bonchev–Trinajstić information content (AvgIpc) is 0.747. The van der Waals surface area contributed by atoms with Crippen molar-refractivity contribution < 1.29 is 151 Å². The monoisotopic (exact) mass is 2040 g/mol. The molecule has 0 spiro atoms. The van der Waals surface area contributed by atoms with Crippen LogP contribution in [-0.4, -0.2) is 207 Å². The normalized spacial score (nSPS) is 25.9. The topological polar surface area (TPSA) is 634 Å². The lowest BCUT2D eigenvalue weighted by atomic mass is 9.74. The number of ether oxygens (including phenoxy) is 12. The Balaban J connectivity index is 0.775. The highest BCUT2D eigenvalue weighted by molar-refractivity contribution is 7.48. The van der Waals surface area contributed by atoms with Gasteiger partial charge in [-0.15, -0.1) is 0 Å². The first-order valence-electron chi connectivity index (χ1n) is 45.4. The summed E-state index contributed by atoms with van der Waals surface area (Å²) in [5.41, 5.74) is -0.147. The number of benzene rings is 4. The number of H-pyrrole nitrogens is 4. The first-order valence-corrected chi connectivity index (χ1v) is 51.4. The molecule has 8 aromatic rings. The van der Waals surface area contributed by atoms with Gasteiger partial charge in [-0.2, -0.15) is 0 Å². The van der Waals surface area contributed by atoms with Crippen LogP contribution in [0, 0.1) is 55.4 Å². The molecule has 48 nitrogen and oxygen atoms in total. The molecule has 12 N–H and O–H groups in total. The van der Waals surface area contributed by atoms with Crippen LogP contribution in [0.3, 0.4) is 0 Å². The van der Waals surface area contributed by atoms with E-state index < -0.39 is 254 Å². The summed E-state index contributed by atoms with van der Waals surface area (Å²) in [6.07, 6.45) is -11.5. The van der Waals surface area contributed by atoms with Gasteiger partial charge in [-0.25, -0.2) is 37.4 Å². The van der Waals surface area contributed by atoms with E-state index >= 15 is 0 Å². The molecule has 0 amide bonds. The number of rotatable bonds is 36. The molecule has 16 atom stereocenters. The van der Waals surface area contributed by atoms with Gasteiger partial charge in [-0.1, -0.05) is 0 Å². The van der Waals surface area contributed by atoms with E-state index in [-0.39, 0.29) is 145 Å². The molecule has 17 rings (SSSR count). The molecule has 1 aliphatic carbocycles. The third-order valence-corrected chi connectivity index (χ3v) is 30.8. The number of aliphatic hydroxyl groups excluding tert-OH is 4. The molecule has 140 heavy (non-hydrogen) atoms. The minimum Gasteiger partial charge on any atom is -0.457 e. The van der Waals surface area contributed by atoms with Crippen molar-refractivity contribution in [1.82, 2.24) is 38.2 Å². The fourth-order valence-electron chi connectivity index (χ4n) is 19.9. The molecular weight excluding hydrogens is 1930 g/mol. The molecule has 4 aromatic carbocycles. The van der Waals surface area contributed by atoms with Crippen molar-refractivity contribution in [2.24, 2.45) is 0 Å². The Kier molecular flexibility index (Phi) is 30.1. The van der Waals surface area contributed by atoms with Crippen molar-refractivity contribution in [3.8, 4) is 46.0 Å². The van der Waals surface area contributed by atoms with Crippen LogP contribution in [0.1, 0.15) is 215 Å². The molecule has 8 bridgehead atoms. The van der Waals surface area contributed by atoms with E-state index in [0.717, 1.165) is 18.3 Å². The number of nitrogens with zero attached hydrogens (tertiary/aromatic N) is 4. The number of nitrogens with one attached hydrogen (secondary N) is 4. The molecule has 4 aromatic heterocycles. The van der Waals surface area contributed by atoms with Crippen LogP contribution in [0.15, 0.2) is 87.4 Å². The number of aromatic amines is 4. The van der Waals surface area contributed by atoms with Gasteiger partial charge in [0.1, 0.15) is 120 Å². The molecule has 9 aliphatic rings. The lowest BCUT2D eigenvalue weighted by Gasteiger charge is -2.37. The molecule has 4 saturated heterocycles. The summed E-state index contributed by atoms with van der Waals surface area (Å²) in [5, 5.41) is 42.2. The number of aryl methyl sites for hydroxylation is 4. The standard InChI is InChI=1S/C88H108N8O40P4/c1-41-29-93(85(105)89-81(41)101)69-25-61(65(33-97)129-69)133-137(109,110)125-17-9-13-49-53-21-55-50(14-10-18-126-138(111,112)134-62-26-70(130-66(62)34-98)94-30-42(2)82(102)90-86(94)106)57-23-59-52(16-12-20-128-140(115,116)136-64-28-72(132-68(64)36-100)96-32-44(4)84(104)92-88(96)108)60-24-58-51(15-11-19-127-139(113,114)135-63-27-71(131-67(63)35-99)95-31-43(3)83(103)91-87(95)107)56-22-54(49)74-46(6)76(56)120-39-122-78(58)48(8)80(60)124-40-123-79(59)47(7)77(57)121-38-119-75(55)45(5)73(53)117-37-118-74/h21-24,29-32,49-52,61-72,97-100H,9-20,25-28,33-40H2,1-8H3,(H,109,110)(H,111,112)(H,113,114)(H,115,116)(H,89,101,105)(H,90,102,106)(H,91,103,107)(H,92,104,108). The first kappa shape index (κ1) is 102. The van der Waals surface area contributed by atoms with Crippen LogP contribution in [0.4, 0.5) is 0 Å². The van der Waals surface area contributed by atoms with Crippen molar-refractivity contribution >= 4 is 31.3 Å². The van der Waals surface area contributed by atoms with Crippen molar-refractivity contribution in [3.05, 3.63) is 221 Å². The quantitative estimate of drug-likeness (QED) is 0.0150. The third-order valence-electron chi connectivity index (χ3n) is 26.6. The Bertz CT molecular complexity index is 5890. The predicted molar refractivity (Wildman–Crippen MR) is 483 cm³/mol. The van der Waals surface area contributed by atoms with Crippen molar-refractivity contribution in [2.75, 3.05) is 80.0 Å². The number of aromatic nitrogens is 8. The number of phosphoric ester groups is 4. The summed E-state index contributed by atoms with van der Waals surface area (Å²) in [4.78, 5) is 158. The Morgan fingerprint density at radius 3 is 0.657 bits per heavy atom. The Labute approximate surface area is 794 Å². The minimum atomic E-state index is -5.16. The van der Waals surface area contributed by atoms with Crippen LogP contribution < -0.4 is 82.9 Å². The largest absolute Gasteiger partial charge is 0.472 e. The molecule has 12 heterocycles. The highest BCUT2D eigenvalue weighted by atomic mass is 31.2. The highest BCUT2D eigenvalue weighted by Crippen LogP contribution is 2.61. The second kappa shape index (κ2) is 41.5. The van der Waals surface area contributed by atoms with Crippen LogP contribution in [0.5, 0.6) is 46.0 Å². The Morgan fingerprint density at radius 1 is 0.307 bits per heavy atom. The minimum absolute atomic E-state index is 0.00616. The lowest BCUT2D eigenvalue weighted by Crippen LogP contribution is -2.33. The summed E-state index contributed by atoms with van der Waals surface area (Å²) in [7, 11) is -20.6. The van der Waals surface area contributed by atoms with E-state index in [1.807, 2.05) is 24.3 Å². The van der Waals surface area contributed by atoms with Crippen LogP contribution in [-0.2, 0) is 73.4 Å². The maximum atomic E-state index is 14.4. The second-order valence-corrected chi connectivity index (χ2v) is 41.3. The molecule has 8 aliphatic heterocycles. The van der Waals surface area contributed by atoms with E-state index in [0.29, 0.717) is 66.8 Å². The number of hydrogen-bond acceptors (Lipinski definition) is 36. The molecule has 4 fully saturated rings. The van der Waals surface area contributed by atoms with E-state index in [1.54, 1.807) is 27.7 Å². The Morgan fingerprint density at radius 2 is 0.486 bits per heavy atom. The van der Waals surface area contributed by atoms with E-state index in [4.69, 9.17) is 93.0 Å². The molecule has 0 radical (unpaired) electrons. The highest BCUT2D eigenvalue weighted by Gasteiger charge is 2.49. The molecule has 52 heteroatoms. The maximum Gasteiger partial charge on any atom is 0.472 e. The lowest BCUT2D eigenvalue weighted by molar-refractivity contribution is -0.0464. The van der Waals surface area contributed by atoms with Gasteiger partial charge in [0.05, 0.1) is 52.9 Å². The summed E-state index contributed by atoms with van der Waals surface area (Å²) in [6, 6.07) is 7.52. The zero-order valence-electron chi connectivity index (χ0n) is 77.0. The van der Waals surface area contributed by atoms with Gasteiger partial charge >= 0.3 is 54.0 Å². The van der Waals surface area contributed by atoms with Crippen LogP contribution in [0.2, 0.25) is 0 Å². The van der Waals surface area contributed by atoms with Crippen LogP contribution in [0.25, 0.3) is 0 Å². The van der Waals surface area contributed by atoms with Gasteiger partial charge in [0.15, 0.2) is 0 Å². The van der Waals surface area contributed by atoms with Gasteiger partial charge in [0, 0.05) is 163 Å². The fourth-order valence-corrected chi connectivity index (χ4v) is 23.8. The molecule has 0 saturated carbocycles. The number of phosphoric acid groups is 4. The summed E-state index contributed by atoms with van der Waals surface area (Å²) >= 11 is 0. The maximum absolute atomic E-state index is 14.4. The summed E-state index contributed by atoms with van der Waals surface area (Å²) in [5.74, 6) is -1.93. The first-order chi connectivity index (χ1) is 66.7. The Hall–Kier alpha value is -9.88. The predicted octanol–water partition coefficient (Wildman–Crippen LogP) is 6.36. The SMILES string of the molecule is Cc1c2c3cc4c1OCOc1c(cc5c(c1C)OCOc1c(cc6c(c1C)OCOc1c(cc(c(c1C)OCO2)C3CCCOP(=O)(O)OC1CC(n2cc(C)c(=O)[nH]c2=O)OC1CO)C6CCCOP(=O)(O)OC1CC(n2cc(C)c(=O)[nH]c2=O)OC1CO)C5CCCOP(=O)(O)OC1CC(n2cc(C)c(=O)[nH]c2=O)OC1CO)C4CCCOP(=O)(O)OC1CC(n2cc(C)c(=O)[nH]c2=O)OC1CO. The second-order valence-electron chi connectivity index (χ2n) is 35.6. The van der Waals surface area contributed by atoms with Crippen molar-refractivity contribution in [1.29, 1.82) is 0 Å². The van der Waals surface area contributed by atoms with E-state index in [2.05, 4.69) is 19.9 Å². The van der Waals surface area contributed by atoms with Gasteiger partial charge in [-0.3, -0.25) is 93.6 Å². The van der Waals surface area contributed by atoms with Gasteiger partial charge in [-0.05, 0) is 131 Å². The number of aliphatic hydroxyl groups is 4. The molecular formula is C88H108N8O40P4. The molecule has 760 valence electrons. The van der Waals surface area contributed by atoms with Gasteiger partial charge < -0.3 is 96.8 Å². The van der Waals surface area contributed by atoms with Crippen molar-refractivity contribution in [2.45, 2.75) is 230 Å². The van der Waals surface area contributed by atoms with E-state index in [1.165, 1.54) is 52.5 Å². The van der Waals surface area contributed by atoms with Gasteiger partial charge in [0.2, 0.25) is 27.2 Å². The van der Waals surface area contributed by atoms with Crippen LogP contribution >= 0.6 is 31.3 Å². The average molecular weight is 2040 g/mol. The zero-order chi connectivity index (χ0) is 99.6. The van der Waals surface area contributed by atoms with Gasteiger partial charge in [0.25, 0.3) is 22.2 Å². The zero-order valence-corrected chi connectivity index (χ0v) is 80.6. The summed E-state index contributed by atoms with van der Waals surface area (Å²) in [6.45, 7) is 6.01. The smallest absolute Gasteiger partial charge is 0.457 e. The fraction of sp³-hybridized carbons (Fsp3) is 0.545. The summed E-state index contributed by atoms with van der Waals surface area (Å²) < 4.78 is 187. The number of hydrogen-bond donors (Lipinski definition) is 12. The van der Waals surface area contributed by atoms with Crippen molar-refractivity contribution in [3.63, 3.8) is 0 Å². The molecule has 16 unspecified atom stereocenters. The third kappa shape index (κ3) is 21.0. The van der Waals surface area contributed by atoms with E-state index in [9.17, 15) is 96.6 Å².